The summed E-state index contributed by atoms with van der Waals surface area (Å²) < 4.78 is 24.7. The summed E-state index contributed by atoms with van der Waals surface area (Å²) in [6, 6.07) is 6.21. The molecule has 1 aliphatic rings. The molecule has 1 fully saturated rings. The van der Waals surface area contributed by atoms with Gasteiger partial charge < -0.3 is 20.1 Å². The van der Waals surface area contributed by atoms with E-state index in [4.69, 9.17) is 9.47 Å². The lowest BCUT2D eigenvalue weighted by Gasteiger charge is -2.18. The lowest BCUT2D eigenvalue weighted by molar-refractivity contribution is 0.113. The fourth-order valence-corrected chi connectivity index (χ4v) is 2.53. The predicted molar refractivity (Wildman–Crippen MR) is 94.1 cm³/mol. The molecular weight excluding hydrogens is 309 g/mol. The topological polar surface area (TPSA) is 54.9 Å². The molecule has 0 bridgehead atoms. The second-order valence-electron chi connectivity index (χ2n) is 5.84. The summed E-state index contributed by atoms with van der Waals surface area (Å²) in [6.07, 6.45) is 3.18. The zero-order valence-corrected chi connectivity index (χ0v) is 14.6. The van der Waals surface area contributed by atoms with E-state index >= 15 is 0 Å². The number of benzene rings is 1. The Bertz CT molecular complexity index is 519. The van der Waals surface area contributed by atoms with Gasteiger partial charge in [-0.25, -0.2) is 9.38 Å². The quantitative estimate of drug-likeness (QED) is 0.566. The minimum atomic E-state index is -0.294. The van der Waals surface area contributed by atoms with E-state index in [2.05, 4.69) is 15.6 Å². The number of nitrogens with zero attached hydrogens (tertiary/aromatic N) is 1. The van der Waals surface area contributed by atoms with E-state index in [0.717, 1.165) is 44.9 Å². The number of rotatable bonds is 8. The second kappa shape index (κ2) is 10.1. The number of guanidine groups is 1. The van der Waals surface area contributed by atoms with Crippen molar-refractivity contribution in [2.24, 2.45) is 4.99 Å². The summed E-state index contributed by atoms with van der Waals surface area (Å²) in [5, 5.41) is 6.54. The van der Waals surface area contributed by atoms with Gasteiger partial charge in [0.15, 0.2) is 5.96 Å². The Morgan fingerprint density at radius 2 is 2.29 bits per heavy atom. The highest BCUT2D eigenvalue weighted by molar-refractivity contribution is 5.79. The van der Waals surface area contributed by atoms with E-state index in [-0.39, 0.29) is 18.0 Å². The zero-order valence-electron chi connectivity index (χ0n) is 14.6. The molecule has 6 heteroatoms. The Balaban J connectivity index is 1.86. The highest BCUT2D eigenvalue weighted by Crippen LogP contribution is 2.15. The van der Waals surface area contributed by atoms with Crippen molar-refractivity contribution in [2.75, 3.05) is 26.2 Å². The minimum Gasteiger partial charge on any atom is -0.488 e. The first kappa shape index (κ1) is 18.5. The third kappa shape index (κ3) is 6.35. The summed E-state index contributed by atoms with van der Waals surface area (Å²) in [7, 11) is 0. The molecule has 0 spiro atoms. The Morgan fingerprint density at radius 1 is 1.42 bits per heavy atom. The number of aliphatic imine (C=N–C) groups is 1. The molecule has 2 unspecified atom stereocenters. The maximum atomic E-state index is 13.2. The highest BCUT2D eigenvalue weighted by Gasteiger charge is 2.16. The molecule has 0 aromatic heterocycles. The van der Waals surface area contributed by atoms with Crippen molar-refractivity contribution in [1.82, 2.24) is 10.6 Å². The number of nitrogens with one attached hydrogen (secondary N) is 2. The van der Waals surface area contributed by atoms with Gasteiger partial charge in [0.1, 0.15) is 17.7 Å². The van der Waals surface area contributed by atoms with Crippen LogP contribution in [0.1, 0.15) is 33.1 Å². The fourth-order valence-electron chi connectivity index (χ4n) is 2.53. The third-order valence-corrected chi connectivity index (χ3v) is 3.87. The lowest BCUT2D eigenvalue weighted by atomic mass is 10.2. The first-order valence-electron chi connectivity index (χ1n) is 8.77. The van der Waals surface area contributed by atoms with E-state index in [9.17, 15) is 4.39 Å². The Kier molecular flexibility index (Phi) is 7.82. The summed E-state index contributed by atoms with van der Waals surface area (Å²) >= 11 is 0. The third-order valence-electron chi connectivity index (χ3n) is 3.87. The fraction of sp³-hybridized carbons (Fsp3) is 0.611. The van der Waals surface area contributed by atoms with Gasteiger partial charge in [-0.3, -0.25) is 0 Å². The smallest absolute Gasteiger partial charge is 0.191 e. The van der Waals surface area contributed by atoms with Crippen LogP contribution in [0.5, 0.6) is 5.75 Å². The van der Waals surface area contributed by atoms with Crippen LogP contribution in [-0.4, -0.2) is 44.4 Å². The molecule has 0 amide bonds. The van der Waals surface area contributed by atoms with Crippen molar-refractivity contribution in [3.8, 4) is 5.75 Å². The molecule has 1 aromatic rings. The summed E-state index contributed by atoms with van der Waals surface area (Å²) in [5.41, 5.74) is 0. The van der Waals surface area contributed by atoms with Crippen molar-refractivity contribution < 1.29 is 13.9 Å². The van der Waals surface area contributed by atoms with Crippen molar-refractivity contribution in [3.63, 3.8) is 0 Å². The Morgan fingerprint density at radius 3 is 2.96 bits per heavy atom. The average molecular weight is 337 g/mol. The van der Waals surface area contributed by atoms with Crippen LogP contribution in [0.15, 0.2) is 29.3 Å². The molecule has 5 nitrogen and oxygen atoms in total. The molecular formula is C18H28FN3O2. The van der Waals surface area contributed by atoms with Crippen molar-refractivity contribution >= 4 is 5.96 Å². The van der Waals surface area contributed by atoms with E-state index in [0.29, 0.717) is 12.3 Å². The molecule has 2 rings (SSSR count). The molecule has 2 N–H and O–H groups in total. The van der Waals surface area contributed by atoms with Crippen LogP contribution in [-0.2, 0) is 4.74 Å². The van der Waals surface area contributed by atoms with Gasteiger partial charge in [0.25, 0.3) is 0 Å². The molecule has 1 saturated heterocycles. The van der Waals surface area contributed by atoms with Crippen molar-refractivity contribution in [3.05, 3.63) is 30.1 Å². The highest BCUT2D eigenvalue weighted by atomic mass is 19.1. The van der Waals surface area contributed by atoms with Gasteiger partial charge in [-0.2, -0.15) is 0 Å². The molecule has 0 aliphatic carbocycles. The molecule has 1 aliphatic heterocycles. The molecule has 24 heavy (non-hydrogen) atoms. The maximum absolute atomic E-state index is 13.2. The van der Waals surface area contributed by atoms with Gasteiger partial charge in [-0.15, -0.1) is 0 Å². The van der Waals surface area contributed by atoms with Gasteiger partial charge in [-0.1, -0.05) is 13.0 Å². The molecule has 2 atom stereocenters. The first-order chi connectivity index (χ1) is 11.7. The summed E-state index contributed by atoms with van der Waals surface area (Å²) in [6.45, 7) is 6.97. The first-order valence-corrected chi connectivity index (χ1v) is 8.77. The number of hydrogen-bond donors (Lipinski definition) is 2. The largest absolute Gasteiger partial charge is 0.488 e. The predicted octanol–water partition coefficient (Wildman–Crippen LogP) is 2.72. The monoisotopic (exact) mass is 337 g/mol. The minimum absolute atomic E-state index is 0.0926. The van der Waals surface area contributed by atoms with Crippen LogP contribution in [0.2, 0.25) is 0 Å². The second-order valence-corrected chi connectivity index (χ2v) is 5.84. The van der Waals surface area contributed by atoms with Crippen LogP contribution < -0.4 is 15.4 Å². The van der Waals surface area contributed by atoms with E-state index in [1.165, 1.54) is 12.1 Å². The molecule has 0 radical (unpaired) electrons. The van der Waals surface area contributed by atoms with Crippen LogP contribution in [0.25, 0.3) is 0 Å². The van der Waals surface area contributed by atoms with Crippen LogP contribution in [0.3, 0.4) is 0 Å². The lowest BCUT2D eigenvalue weighted by Crippen LogP contribution is -2.41. The van der Waals surface area contributed by atoms with E-state index in [1.807, 2.05) is 13.8 Å². The Labute approximate surface area is 143 Å². The molecule has 0 saturated carbocycles. The van der Waals surface area contributed by atoms with E-state index < -0.39 is 0 Å². The van der Waals surface area contributed by atoms with Crippen molar-refractivity contribution in [1.29, 1.82) is 0 Å². The van der Waals surface area contributed by atoms with Gasteiger partial charge in [0.2, 0.25) is 0 Å². The molecule has 1 heterocycles. The van der Waals surface area contributed by atoms with E-state index in [1.54, 1.807) is 12.1 Å². The normalized spacial score (nSPS) is 19.1. The molecule has 134 valence electrons. The van der Waals surface area contributed by atoms with Crippen molar-refractivity contribution in [2.45, 2.75) is 45.3 Å². The number of halogens is 1. The van der Waals surface area contributed by atoms with Gasteiger partial charge in [0.05, 0.1) is 12.6 Å². The SMILES string of the molecule is CCNC(=NCC(CC)Oc1cccc(F)c1)NCC1CCCO1. The van der Waals surface area contributed by atoms with Crippen LogP contribution in [0, 0.1) is 5.82 Å². The standard InChI is InChI=1S/C18H28FN3O2/c1-3-15(24-16-8-5-7-14(19)11-16)12-21-18(20-4-2)22-13-17-9-6-10-23-17/h5,7-8,11,15,17H,3-4,6,9-10,12-13H2,1-2H3,(H2,20,21,22). The maximum Gasteiger partial charge on any atom is 0.191 e. The summed E-state index contributed by atoms with van der Waals surface area (Å²) in [5.74, 6) is 1.00. The van der Waals surface area contributed by atoms with Gasteiger partial charge >= 0.3 is 0 Å². The summed E-state index contributed by atoms with van der Waals surface area (Å²) in [4.78, 5) is 4.58. The number of ether oxygens (including phenoxy) is 2. The van der Waals surface area contributed by atoms with Crippen LogP contribution >= 0.6 is 0 Å². The van der Waals surface area contributed by atoms with Gasteiger partial charge in [0, 0.05) is 25.8 Å². The van der Waals surface area contributed by atoms with Gasteiger partial charge in [-0.05, 0) is 38.3 Å². The Hall–Kier alpha value is -1.82. The zero-order chi connectivity index (χ0) is 17.2. The number of hydrogen-bond acceptors (Lipinski definition) is 3. The molecule has 1 aromatic carbocycles. The van der Waals surface area contributed by atoms with Crippen LogP contribution in [0.4, 0.5) is 4.39 Å². The average Bonchev–Trinajstić information content (AvgIpc) is 3.09.